The molecule has 36 heavy (non-hydrogen) atoms. The van der Waals surface area contributed by atoms with E-state index in [-0.39, 0.29) is 17.0 Å². The van der Waals surface area contributed by atoms with Gasteiger partial charge in [-0.25, -0.2) is 0 Å². The fourth-order valence-electron chi connectivity index (χ4n) is 5.93. The quantitative estimate of drug-likeness (QED) is 0.0593. The summed E-state index contributed by atoms with van der Waals surface area (Å²) in [5, 5.41) is 0. The van der Waals surface area contributed by atoms with Gasteiger partial charge in [-0.1, -0.05) is 143 Å². The van der Waals surface area contributed by atoms with Gasteiger partial charge in [0.25, 0.3) is 0 Å². The van der Waals surface area contributed by atoms with Gasteiger partial charge in [0, 0.05) is 0 Å². The molecule has 0 N–H and O–H groups in total. The highest BCUT2D eigenvalue weighted by molar-refractivity contribution is 4.55. The largest absolute Gasteiger partial charge is 1.00 e. The number of halogens is 1. The molecule has 0 aromatic rings. The maximum atomic E-state index is 2.34. The Hall–Kier alpha value is 0.440. The molecule has 0 radical (unpaired) electrons. The van der Waals surface area contributed by atoms with Crippen LogP contribution in [0.25, 0.3) is 0 Å². The van der Waals surface area contributed by atoms with Crippen LogP contribution in [-0.2, 0) is 0 Å². The third-order valence-corrected chi connectivity index (χ3v) is 8.44. The van der Waals surface area contributed by atoms with E-state index in [1.165, 1.54) is 198 Å². The molecular formula is C34H72BrN. The van der Waals surface area contributed by atoms with Crippen molar-refractivity contribution in [1.29, 1.82) is 0 Å². The predicted molar refractivity (Wildman–Crippen MR) is 162 cm³/mol. The van der Waals surface area contributed by atoms with Crippen LogP contribution >= 0.6 is 0 Å². The van der Waals surface area contributed by atoms with E-state index in [1.54, 1.807) is 0 Å². The Morgan fingerprint density at radius 2 is 0.417 bits per heavy atom. The number of hydrogen-bond donors (Lipinski definition) is 0. The van der Waals surface area contributed by atoms with Crippen molar-refractivity contribution in [3.8, 4) is 0 Å². The highest BCUT2D eigenvalue weighted by Gasteiger charge is 2.25. The van der Waals surface area contributed by atoms with Crippen LogP contribution in [0.2, 0.25) is 0 Å². The van der Waals surface area contributed by atoms with Gasteiger partial charge in [0.1, 0.15) is 0 Å². The molecule has 1 nitrogen and oxygen atoms in total. The molecule has 0 amide bonds. The van der Waals surface area contributed by atoms with Gasteiger partial charge in [0.15, 0.2) is 0 Å². The smallest absolute Gasteiger partial charge is 0.0786 e. The van der Waals surface area contributed by atoms with Gasteiger partial charge in [-0.05, 0) is 51.4 Å². The fraction of sp³-hybridized carbons (Fsp3) is 1.00. The van der Waals surface area contributed by atoms with Crippen LogP contribution in [0.3, 0.4) is 0 Å². The average molecular weight is 575 g/mol. The zero-order valence-electron chi connectivity index (χ0n) is 26.0. The van der Waals surface area contributed by atoms with Crippen molar-refractivity contribution in [2.45, 2.75) is 195 Å². The van der Waals surface area contributed by atoms with Gasteiger partial charge in [-0.2, -0.15) is 0 Å². The summed E-state index contributed by atoms with van der Waals surface area (Å²) in [6.45, 7) is 15.3. The first kappa shape index (κ1) is 38.6. The third-order valence-electron chi connectivity index (χ3n) is 8.44. The summed E-state index contributed by atoms with van der Waals surface area (Å²) in [5.41, 5.74) is 0. The minimum Gasteiger partial charge on any atom is -1.00 e. The van der Waals surface area contributed by atoms with E-state index < -0.39 is 0 Å². The second-order valence-corrected chi connectivity index (χ2v) is 12.0. The van der Waals surface area contributed by atoms with Crippen LogP contribution in [0, 0.1) is 0 Å². The van der Waals surface area contributed by atoms with Crippen molar-refractivity contribution in [2.24, 2.45) is 0 Å². The van der Waals surface area contributed by atoms with Crippen molar-refractivity contribution in [1.82, 2.24) is 0 Å². The molecule has 0 saturated carbocycles. The summed E-state index contributed by atoms with van der Waals surface area (Å²) in [7, 11) is 0. The number of quaternary nitrogens is 1. The number of rotatable bonds is 30. The molecule has 0 fully saturated rings. The first-order valence-electron chi connectivity index (χ1n) is 17.1. The number of unbranched alkanes of at least 4 members (excludes halogenated alkanes) is 22. The Labute approximate surface area is 241 Å². The van der Waals surface area contributed by atoms with E-state index in [9.17, 15) is 0 Å². The standard InChI is InChI=1S/C34H72N.BrH/c1-5-9-13-17-21-22-26-30-34-35(31-27-23-18-14-10-6-2,32-28-24-19-15-11-7-3)33-29-25-20-16-12-8-4;/h5-34H2,1-4H3;1H/q+1;/p-1. The second kappa shape index (κ2) is 31.7. The van der Waals surface area contributed by atoms with Gasteiger partial charge in [0.2, 0.25) is 0 Å². The maximum Gasteiger partial charge on any atom is 0.0786 e. The molecule has 0 unspecified atom stereocenters. The lowest BCUT2D eigenvalue weighted by molar-refractivity contribution is -0.929. The van der Waals surface area contributed by atoms with Crippen LogP contribution in [0.15, 0.2) is 0 Å². The van der Waals surface area contributed by atoms with E-state index in [2.05, 4.69) is 27.7 Å². The fourth-order valence-corrected chi connectivity index (χ4v) is 5.93. The normalized spacial score (nSPS) is 11.7. The second-order valence-electron chi connectivity index (χ2n) is 12.0. The SMILES string of the molecule is CCCCCCCCCC[N+](CCCCCCCC)(CCCCCCCC)CCCCCCCC.[Br-]. The lowest BCUT2D eigenvalue weighted by atomic mass is 10.0. The zero-order chi connectivity index (χ0) is 25.7. The Kier molecular flexibility index (Phi) is 33.9. The summed E-state index contributed by atoms with van der Waals surface area (Å²) in [6.07, 6.45) is 37.8. The average Bonchev–Trinajstić information content (AvgIpc) is 2.87. The molecule has 0 rings (SSSR count). The molecule has 0 aliphatic carbocycles. The van der Waals surface area contributed by atoms with E-state index in [0.29, 0.717) is 0 Å². The van der Waals surface area contributed by atoms with Gasteiger partial charge in [-0.15, -0.1) is 0 Å². The molecule has 0 heterocycles. The van der Waals surface area contributed by atoms with Crippen molar-refractivity contribution < 1.29 is 21.5 Å². The molecular weight excluding hydrogens is 502 g/mol. The lowest BCUT2D eigenvalue weighted by Crippen LogP contribution is -3.00. The highest BCUT2D eigenvalue weighted by Crippen LogP contribution is 2.21. The molecule has 0 aliphatic heterocycles. The van der Waals surface area contributed by atoms with Gasteiger partial charge in [-0.3, -0.25) is 0 Å². The zero-order valence-corrected chi connectivity index (χ0v) is 27.6. The Bertz CT molecular complexity index is 343. The molecule has 0 atom stereocenters. The molecule has 220 valence electrons. The van der Waals surface area contributed by atoms with Crippen molar-refractivity contribution in [3.05, 3.63) is 0 Å². The van der Waals surface area contributed by atoms with Gasteiger partial charge < -0.3 is 21.5 Å². The lowest BCUT2D eigenvalue weighted by Gasteiger charge is -2.40. The molecule has 0 aliphatic rings. The molecule has 0 aromatic carbocycles. The third kappa shape index (κ3) is 26.1. The summed E-state index contributed by atoms with van der Waals surface area (Å²) in [4.78, 5) is 0. The summed E-state index contributed by atoms with van der Waals surface area (Å²) in [5.74, 6) is 0. The summed E-state index contributed by atoms with van der Waals surface area (Å²) in [6, 6.07) is 0. The van der Waals surface area contributed by atoms with E-state index >= 15 is 0 Å². The molecule has 2 heteroatoms. The Balaban J connectivity index is 0. The summed E-state index contributed by atoms with van der Waals surface area (Å²) < 4.78 is 1.48. The first-order chi connectivity index (χ1) is 17.2. The van der Waals surface area contributed by atoms with E-state index in [1.807, 2.05) is 0 Å². The Morgan fingerprint density at radius 1 is 0.250 bits per heavy atom. The van der Waals surface area contributed by atoms with Crippen LogP contribution in [0.4, 0.5) is 0 Å². The minimum absolute atomic E-state index is 0. The van der Waals surface area contributed by atoms with Gasteiger partial charge >= 0.3 is 0 Å². The first-order valence-corrected chi connectivity index (χ1v) is 17.1. The Morgan fingerprint density at radius 3 is 0.611 bits per heavy atom. The molecule has 0 saturated heterocycles. The predicted octanol–water partition coefficient (Wildman–Crippen LogP) is 9.03. The van der Waals surface area contributed by atoms with Crippen molar-refractivity contribution in [3.63, 3.8) is 0 Å². The summed E-state index contributed by atoms with van der Waals surface area (Å²) >= 11 is 0. The van der Waals surface area contributed by atoms with Crippen LogP contribution in [0.1, 0.15) is 195 Å². The van der Waals surface area contributed by atoms with Crippen LogP contribution in [0.5, 0.6) is 0 Å². The topological polar surface area (TPSA) is 0 Å². The van der Waals surface area contributed by atoms with Crippen LogP contribution in [-0.4, -0.2) is 30.7 Å². The van der Waals surface area contributed by atoms with Gasteiger partial charge in [0.05, 0.1) is 26.2 Å². The maximum absolute atomic E-state index is 2.34. The minimum atomic E-state index is 0. The molecule has 0 aromatic heterocycles. The number of nitrogens with zero attached hydrogens (tertiary/aromatic N) is 1. The van der Waals surface area contributed by atoms with Crippen molar-refractivity contribution >= 4 is 0 Å². The highest BCUT2D eigenvalue weighted by atomic mass is 79.9. The van der Waals surface area contributed by atoms with Crippen LogP contribution < -0.4 is 17.0 Å². The van der Waals surface area contributed by atoms with E-state index in [0.717, 1.165) is 0 Å². The van der Waals surface area contributed by atoms with Crippen molar-refractivity contribution in [2.75, 3.05) is 26.2 Å². The number of hydrogen-bond acceptors (Lipinski definition) is 0. The molecule has 0 bridgehead atoms. The molecule has 0 spiro atoms. The van der Waals surface area contributed by atoms with E-state index in [4.69, 9.17) is 0 Å². The monoisotopic (exact) mass is 573 g/mol.